The number of benzene rings is 2. The van der Waals surface area contributed by atoms with Crippen molar-refractivity contribution in [3.05, 3.63) is 76.8 Å². The zero-order valence-corrected chi connectivity index (χ0v) is 13.9. The molecule has 0 spiro atoms. The van der Waals surface area contributed by atoms with E-state index in [2.05, 4.69) is 36.5 Å². The molecule has 0 aliphatic heterocycles. The minimum absolute atomic E-state index is 0.100. The Morgan fingerprint density at radius 1 is 1.04 bits per heavy atom. The van der Waals surface area contributed by atoms with Gasteiger partial charge in [0.05, 0.1) is 5.69 Å². The summed E-state index contributed by atoms with van der Waals surface area (Å²) in [6, 6.07) is 14.8. The van der Waals surface area contributed by atoms with Crippen molar-refractivity contribution in [2.24, 2.45) is 0 Å². The lowest BCUT2D eigenvalue weighted by atomic mass is 10.3. The Hall–Kier alpha value is -2.80. The molecule has 3 rings (SSSR count). The first kappa shape index (κ1) is 16.1. The molecule has 0 unspecified atom stereocenters. The molecule has 5 nitrogen and oxygen atoms in total. The summed E-state index contributed by atoms with van der Waals surface area (Å²) in [5.74, 6) is -0.743. The average Bonchev–Trinajstić information content (AvgIpc) is 2.59. The van der Waals surface area contributed by atoms with Crippen LogP contribution in [0.5, 0.6) is 0 Å². The maximum absolute atomic E-state index is 13.6. The molecule has 0 aliphatic rings. The monoisotopic (exact) mass is 386 g/mol. The first-order chi connectivity index (χ1) is 11.6. The summed E-state index contributed by atoms with van der Waals surface area (Å²) in [6.45, 7) is 0. The maximum atomic E-state index is 13.6. The van der Waals surface area contributed by atoms with E-state index in [1.165, 1.54) is 24.4 Å². The summed E-state index contributed by atoms with van der Waals surface area (Å²) in [4.78, 5) is 20.4. The Kier molecular flexibility index (Phi) is 4.81. The van der Waals surface area contributed by atoms with Crippen molar-refractivity contribution >= 4 is 39.2 Å². The third-order valence-corrected chi connectivity index (χ3v) is 3.64. The summed E-state index contributed by atoms with van der Waals surface area (Å²) >= 11 is 3.36. The molecular weight excluding hydrogens is 375 g/mol. The number of para-hydroxylation sites is 1. The number of anilines is 3. The van der Waals surface area contributed by atoms with Gasteiger partial charge in [-0.2, -0.15) is 0 Å². The van der Waals surface area contributed by atoms with Crippen LogP contribution in [-0.2, 0) is 0 Å². The van der Waals surface area contributed by atoms with Crippen LogP contribution in [0.1, 0.15) is 10.5 Å². The molecule has 0 bridgehead atoms. The highest BCUT2D eigenvalue weighted by Crippen LogP contribution is 2.17. The van der Waals surface area contributed by atoms with Crippen LogP contribution in [0.2, 0.25) is 0 Å². The molecule has 24 heavy (non-hydrogen) atoms. The number of amides is 1. The molecule has 1 heterocycles. The van der Waals surface area contributed by atoms with E-state index in [9.17, 15) is 9.18 Å². The molecule has 1 amide bonds. The van der Waals surface area contributed by atoms with Crippen LogP contribution in [0.15, 0.2) is 65.3 Å². The third-order valence-electron chi connectivity index (χ3n) is 3.11. The van der Waals surface area contributed by atoms with Gasteiger partial charge in [0.25, 0.3) is 5.91 Å². The van der Waals surface area contributed by atoms with Crippen molar-refractivity contribution in [2.75, 3.05) is 10.6 Å². The number of carbonyl (C=O) groups excluding carboxylic acids is 1. The Labute approximate surface area is 146 Å². The molecular formula is C17H12BrFN4O. The zero-order chi connectivity index (χ0) is 16.9. The van der Waals surface area contributed by atoms with Gasteiger partial charge < -0.3 is 10.6 Å². The first-order valence-corrected chi connectivity index (χ1v) is 7.82. The molecule has 7 heteroatoms. The topological polar surface area (TPSA) is 66.9 Å². The zero-order valence-electron chi connectivity index (χ0n) is 12.3. The Morgan fingerprint density at radius 2 is 1.79 bits per heavy atom. The second-order valence-electron chi connectivity index (χ2n) is 4.83. The van der Waals surface area contributed by atoms with Crippen LogP contribution in [0.25, 0.3) is 0 Å². The van der Waals surface area contributed by atoms with Gasteiger partial charge in [-0.05, 0) is 42.5 Å². The van der Waals surface area contributed by atoms with E-state index in [1.54, 1.807) is 12.1 Å². The van der Waals surface area contributed by atoms with Crippen molar-refractivity contribution in [3.63, 3.8) is 0 Å². The van der Waals surface area contributed by atoms with E-state index in [4.69, 9.17) is 0 Å². The standard InChI is InChI=1S/C17H12BrFN4O/c18-11-5-7-12(8-6-11)21-17-20-10-9-15(23-17)16(24)22-14-4-2-1-3-13(14)19/h1-10H,(H,22,24)(H,20,21,23). The van der Waals surface area contributed by atoms with E-state index in [0.717, 1.165) is 10.2 Å². The fourth-order valence-corrected chi connectivity index (χ4v) is 2.22. The van der Waals surface area contributed by atoms with Gasteiger partial charge in [0, 0.05) is 16.4 Å². The van der Waals surface area contributed by atoms with Gasteiger partial charge in [0.15, 0.2) is 0 Å². The van der Waals surface area contributed by atoms with Gasteiger partial charge in [-0.3, -0.25) is 4.79 Å². The number of carbonyl (C=O) groups is 1. The highest BCUT2D eigenvalue weighted by Gasteiger charge is 2.11. The fraction of sp³-hybridized carbons (Fsp3) is 0. The maximum Gasteiger partial charge on any atom is 0.274 e. The highest BCUT2D eigenvalue weighted by molar-refractivity contribution is 9.10. The predicted octanol–water partition coefficient (Wildman–Crippen LogP) is 4.37. The minimum Gasteiger partial charge on any atom is -0.324 e. The number of aromatic nitrogens is 2. The number of halogens is 2. The average molecular weight is 387 g/mol. The van der Waals surface area contributed by atoms with Gasteiger partial charge in [-0.1, -0.05) is 28.1 Å². The van der Waals surface area contributed by atoms with E-state index in [-0.39, 0.29) is 17.3 Å². The van der Waals surface area contributed by atoms with Crippen molar-refractivity contribution in [2.45, 2.75) is 0 Å². The summed E-state index contributed by atoms with van der Waals surface area (Å²) in [6.07, 6.45) is 1.46. The SMILES string of the molecule is O=C(Nc1ccccc1F)c1ccnc(Nc2ccc(Br)cc2)n1. The van der Waals surface area contributed by atoms with Gasteiger partial charge in [0.1, 0.15) is 11.5 Å². The van der Waals surface area contributed by atoms with E-state index < -0.39 is 11.7 Å². The van der Waals surface area contributed by atoms with Crippen LogP contribution in [0.4, 0.5) is 21.7 Å². The molecule has 0 atom stereocenters. The highest BCUT2D eigenvalue weighted by atomic mass is 79.9. The molecule has 0 saturated carbocycles. The number of nitrogens with zero attached hydrogens (tertiary/aromatic N) is 2. The van der Waals surface area contributed by atoms with Crippen LogP contribution in [0, 0.1) is 5.82 Å². The summed E-state index contributed by atoms with van der Waals surface area (Å²) < 4.78 is 14.6. The van der Waals surface area contributed by atoms with Crippen LogP contribution < -0.4 is 10.6 Å². The Balaban J connectivity index is 1.76. The third kappa shape index (κ3) is 3.94. The summed E-state index contributed by atoms with van der Waals surface area (Å²) in [5, 5.41) is 5.49. The van der Waals surface area contributed by atoms with E-state index >= 15 is 0 Å². The van der Waals surface area contributed by atoms with Crippen LogP contribution >= 0.6 is 15.9 Å². The van der Waals surface area contributed by atoms with Crippen molar-refractivity contribution in [1.29, 1.82) is 0 Å². The van der Waals surface area contributed by atoms with Gasteiger partial charge in [0.2, 0.25) is 5.95 Å². The minimum atomic E-state index is -0.513. The first-order valence-electron chi connectivity index (χ1n) is 7.03. The molecule has 2 N–H and O–H groups in total. The second-order valence-corrected chi connectivity index (χ2v) is 5.75. The lowest BCUT2D eigenvalue weighted by Crippen LogP contribution is -2.15. The fourth-order valence-electron chi connectivity index (χ4n) is 1.96. The smallest absolute Gasteiger partial charge is 0.274 e. The lowest BCUT2D eigenvalue weighted by Gasteiger charge is -2.08. The second kappa shape index (κ2) is 7.18. The molecule has 0 saturated heterocycles. The van der Waals surface area contributed by atoms with E-state index in [0.29, 0.717) is 0 Å². The molecule has 0 fully saturated rings. The van der Waals surface area contributed by atoms with Gasteiger partial charge in [-0.15, -0.1) is 0 Å². The number of nitrogens with one attached hydrogen (secondary N) is 2. The Bertz CT molecular complexity index is 870. The number of rotatable bonds is 4. The van der Waals surface area contributed by atoms with Crippen LogP contribution in [-0.4, -0.2) is 15.9 Å². The number of hydrogen-bond acceptors (Lipinski definition) is 4. The van der Waals surface area contributed by atoms with Crippen molar-refractivity contribution < 1.29 is 9.18 Å². The lowest BCUT2D eigenvalue weighted by molar-refractivity contribution is 0.102. The van der Waals surface area contributed by atoms with Gasteiger partial charge in [-0.25, -0.2) is 14.4 Å². The molecule has 2 aromatic carbocycles. The molecule has 3 aromatic rings. The summed E-state index contributed by atoms with van der Waals surface area (Å²) in [7, 11) is 0. The molecule has 0 radical (unpaired) electrons. The van der Waals surface area contributed by atoms with Crippen LogP contribution in [0.3, 0.4) is 0 Å². The predicted molar refractivity (Wildman–Crippen MR) is 93.8 cm³/mol. The largest absolute Gasteiger partial charge is 0.324 e. The van der Waals surface area contributed by atoms with Crippen molar-refractivity contribution in [1.82, 2.24) is 9.97 Å². The van der Waals surface area contributed by atoms with Crippen molar-refractivity contribution in [3.8, 4) is 0 Å². The summed E-state index contributed by atoms with van der Waals surface area (Å²) in [5.41, 5.74) is 1.02. The normalized spacial score (nSPS) is 10.2. The number of hydrogen-bond donors (Lipinski definition) is 2. The Morgan fingerprint density at radius 3 is 2.54 bits per heavy atom. The molecule has 1 aromatic heterocycles. The quantitative estimate of drug-likeness (QED) is 0.698. The van der Waals surface area contributed by atoms with E-state index in [1.807, 2.05) is 24.3 Å². The molecule has 120 valence electrons. The molecule has 0 aliphatic carbocycles. The van der Waals surface area contributed by atoms with Gasteiger partial charge >= 0.3 is 0 Å².